The van der Waals surface area contributed by atoms with Gasteiger partial charge in [0.1, 0.15) is 6.04 Å². The third kappa shape index (κ3) is 3.94. The van der Waals surface area contributed by atoms with Gasteiger partial charge in [-0.1, -0.05) is 40.1 Å². The van der Waals surface area contributed by atoms with Crippen molar-refractivity contribution in [3.8, 4) is 11.4 Å². The number of likely N-dealkylation sites (tertiary alicyclic amines) is 1. The molecule has 1 atom stereocenters. The van der Waals surface area contributed by atoms with Gasteiger partial charge in [-0.3, -0.25) is 0 Å². The fraction of sp³-hybridized carbons (Fsp3) is 0.286. The molecular weight excluding hydrogens is 420 g/mol. The number of aryl methyl sites for hydroxylation is 1. The molecule has 0 aliphatic carbocycles. The first-order chi connectivity index (χ1) is 13.6. The molecule has 4 rings (SSSR count). The Kier molecular flexibility index (Phi) is 5.43. The summed E-state index contributed by atoms with van der Waals surface area (Å²) < 4.78 is 6.50. The molecule has 0 bridgehead atoms. The number of hydrogen-bond donors (Lipinski definition) is 1. The summed E-state index contributed by atoms with van der Waals surface area (Å²) >= 11 is 3.42. The van der Waals surface area contributed by atoms with E-state index < -0.39 is 0 Å². The van der Waals surface area contributed by atoms with Crippen molar-refractivity contribution in [1.82, 2.24) is 15.0 Å². The summed E-state index contributed by atoms with van der Waals surface area (Å²) in [6.45, 7) is 2.76. The zero-order valence-corrected chi connectivity index (χ0v) is 17.1. The molecule has 6 nitrogen and oxygen atoms in total. The molecule has 0 saturated carbocycles. The Bertz CT molecular complexity index is 971. The summed E-state index contributed by atoms with van der Waals surface area (Å²) in [5.41, 5.74) is 2.87. The molecular formula is C21H21BrN4O2. The van der Waals surface area contributed by atoms with Crippen molar-refractivity contribution in [3.63, 3.8) is 0 Å². The van der Waals surface area contributed by atoms with Crippen molar-refractivity contribution in [2.75, 3.05) is 11.9 Å². The molecule has 2 heterocycles. The van der Waals surface area contributed by atoms with Crippen molar-refractivity contribution in [2.45, 2.75) is 32.2 Å². The van der Waals surface area contributed by atoms with Gasteiger partial charge in [-0.25, -0.2) is 4.79 Å². The van der Waals surface area contributed by atoms with Crippen LogP contribution in [0.5, 0.6) is 0 Å². The molecule has 7 heteroatoms. The van der Waals surface area contributed by atoms with E-state index in [4.69, 9.17) is 4.52 Å². The lowest BCUT2D eigenvalue weighted by Gasteiger charge is -2.22. The van der Waals surface area contributed by atoms with Crippen LogP contribution in [0.1, 0.15) is 37.3 Å². The largest absolute Gasteiger partial charge is 0.337 e. The molecule has 28 heavy (non-hydrogen) atoms. The minimum absolute atomic E-state index is 0.140. The molecule has 2 amide bonds. The minimum Gasteiger partial charge on any atom is -0.337 e. The van der Waals surface area contributed by atoms with Gasteiger partial charge in [-0.2, -0.15) is 4.98 Å². The quantitative estimate of drug-likeness (QED) is 0.586. The fourth-order valence-corrected chi connectivity index (χ4v) is 3.68. The zero-order chi connectivity index (χ0) is 19.5. The van der Waals surface area contributed by atoms with E-state index in [1.54, 1.807) is 4.90 Å². The van der Waals surface area contributed by atoms with Crippen LogP contribution in [0.25, 0.3) is 11.4 Å². The van der Waals surface area contributed by atoms with Crippen molar-refractivity contribution in [2.24, 2.45) is 0 Å². The minimum atomic E-state index is -0.203. The summed E-state index contributed by atoms with van der Waals surface area (Å²) in [6, 6.07) is 15.3. The van der Waals surface area contributed by atoms with Gasteiger partial charge >= 0.3 is 6.03 Å². The number of rotatable bonds is 4. The molecule has 2 aromatic carbocycles. The molecule has 3 aromatic rings. The van der Waals surface area contributed by atoms with E-state index in [9.17, 15) is 4.79 Å². The third-order valence-corrected chi connectivity index (χ3v) is 5.46. The van der Waals surface area contributed by atoms with Crippen molar-refractivity contribution < 1.29 is 9.32 Å². The van der Waals surface area contributed by atoms with Crippen LogP contribution in [-0.4, -0.2) is 27.6 Å². The summed E-state index contributed by atoms with van der Waals surface area (Å²) in [5.74, 6) is 1.01. The Morgan fingerprint density at radius 3 is 2.89 bits per heavy atom. The van der Waals surface area contributed by atoms with Gasteiger partial charge in [0.05, 0.1) is 0 Å². The number of benzene rings is 2. The summed E-state index contributed by atoms with van der Waals surface area (Å²) in [4.78, 5) is 19.2. The lowest BCUT2D eigenvalue weighted by atomic mass is 10.1. The molecule has 0 spiro atoms. The highest BCUT2D eigenvalue weighted by Gasteiger charge is 2.34. The Morgan fingerprint density at radius 2 is 2.11 bits per heavy atom. The second-order valence-electron chi connectivity index (χ2n) is 6.80. The van der Waals surface area contributed by atoms with Gasteiger partial charge in [0.2, 0.25) is 11.7 Å². The van der Waals surface area contributed by atoms with Crippen molar-refractivity contribution >= 4 is 27.6 Å². The van der Waals surface area contributed by atoms with Crippen molar-refractivity contribution in [1.29, 1.82) is 0 Å². The first-order valence-corrected chi connectivity index (χ1v) is 10.2. The predicted octanol–water partition coefficient (Wildman–Crippen LogP) is 5.43. The van der Waals surface area contributed by atoms with Crippen LogP contribution in [-0.2, 0) is 6.42 Å². The highest BCUT2D eigenvalue weighted by atomic mass is 79.9. The standard InChI is InChI=1S/C21H21BrN4O2/c1-2-14-5-3-6-17(13-14)23-21(27)26-12-4-7-18(26)20-24-19(25-28-20)15-8-10-16(22)11-9-15/h3,5-6,8-11,13,18H,2,4,7,12H2,1H3,(H,23,27). The van der Waals surface area contributed by atoms with Gasteiger partial charge in [0, 0.05) is 22.3 Å². The smallest absolute Gasteiger partial charge is 0.322 e. The van der Waals surface area contributed by atoms with Crippen LogP contribution in [0.3, 0.4) is 0 Å². The fourth-order valence-electron chi connectivity index (χ4n) is 3.42. The van der Waals surface area contributed by atoms with Crippen LogP contribution in [0.15, 0.2) is 57.5 Å². The Labute approximate surface area is 172 Å². The summed E-state index contributed by atoms with van der Waals surface area (Å²) in [7, 11) is 0. The van der Waals surface area contributed by atoms with E-state index in [0.717, 1.165) is 35.0 Å². The predicted molar refractivity (Wildman–Crippen MR) is 111 cm³/mol. The van der Waals surface area contributed by atoms with E-state index in [2.05, 4.69) is 44.4 Å². The Balaban J connectivity index is 1.50. The van der Waals surface area contributed by atoms with E-state index >= 15 is 0 Å². The van der Waals surface area contributed by atoms with Crippen LogP contribution in [0, 0.1) is 0 Å². The number of hydrogen-bond acceptors (Lipinski definition) is 4. The number of urea groups is 1. The topological polar surface area (TPSA) is 71.3 Å². The van der Waals surface area contributed by atoms with E-state index in [0.29, 0.717) is 18.3 Å². The molecule has 1 aromatic heterocycles. The number of halogens is 1. The molecule has 1 aliphatic heterocycles. The monoisotopic (exact) mass is 440 g/mol. The Morgan fingerprint density at radius 1 is 1.29 bits per heavy atom. The number of carbonyl (C=O) groups is 1. The van der Waals surface area contributed by atoms with Gasteiger partial charge < -0.3 is 14.7 Å². The van der Waals surface area contributed by atoms with Gasteiger partial charge in [0.15, 0.2) is 0 Å². The number of carbonyl (C=O) groups excluding carboxylic acids is 1. The lowest BCUT2D eigenvalue weighted by molar-refractivity contribution is 0.193. The van der Waals surface area contributed by atoms with E-state index in [1.165, 1.54) is 5.56 Å². The third-order valence-electron chi connectivity index (χ3n) is 4.93. The first kappa shape index (κ1) is 18.7. The lowest BCUT2D eigenvalue weighted by Crippen LogP contribution is -2.34. The molecule has 0 radical (unpaired) electrons. The zero-order valence-electron chi connectivity index (χ0n) is 15.6. The maximum absolute atomic E-state index is 12.8. The number of nitrogens with zero attached hydrogens (tertiary/aromatic N) is 3. The van der Waals surface area contributed by atoms with Crippen LogP contribution in [0.2, 0.25) is 0 Å². The average molecular weight is 441 g/mol. The Hall–Kier alpha value is -2.67. The summed E-state index contributed by atoms with van der Waals surface area (Å²) in [6.07, 6.45) is 2.64. The highest BCUT2D eigenvalue weighted by Crippen LogP contribution is 2.32. The average Bonchev–Trinajstić information content (AvgIpc) is 3.38. The highest BCUT2D eigenvalue weighted by molar-refractivity contribution is 9.10. The number of aromatic nitrogens is 2. The number of amides is 2. The maximum atomic E-state index is 12.8. The van der Waals surface area contributed by atoms with E-state index in [1.807, 2.05) is 42.5 Å². The molecule has 1 unspecified atom stereocenters. The van der Waals surface area contributed by atoms with Gasteiger partial charge in [-0.15, -0.1) is 0 Å². The molecule has 144 valence electrons. The van der Waals surface area contributed by atoms with E-state index in [-0.39, 0.29) is 12.1 Å². The molecule has 1 fully saturated rings. The normalized spacial score (nSPS) is 16.4. The number of anilines is 1. The SMILES string of the molecule is CCc1cccc(NC(=O)N2CCCC2c2nc(-c3ccc(Br)cc3)no2)c1. The van der Waals surface area contributed by atoms with Crippen LogP contribution in [0.4, 0.5) is 10.5 Å². The van der Waals surface area contributed by atoms with Crippen LogP contribution < -0.4 is 5.32 Å². The summed E-state index contributed by atoms with van der Waals surface area (Å²) in [5, 5.41) is 7.10. The van der Waals surface area contributed by atoms with Crippen LogP contribution >= 0.6 is 15.9 Å². The number of nitrogens with one attached hydrogen (secondary N) is 1. The maximum Gasteiger partial charge on any atom is 0.322 e. The second-order valence-corrected chi connectivity index (χ2v) is 7.71. The molecule has 1 saturated heterocycles. The van der Waals surface area contributed by atoms with Gasteiger partial charge in [0.25, 0.3) is 0 Å². The first-order valence-electron chi connectivity index (χ1n) is 9.40. The van der Waals surface area contributed by atoms with Crippen molar-refractivity contribution in [3.05, 3.63) is 64.5 Å². The van der Waals surface area contributed by atoms with Gasteiger partial charge in [-0.05, 0) is 61.2 Å². The molecule has 1 aliphatic rings. The second kappa shape index (κ2) is 8.14. The molecule has 1 N–H and O–H groups in total.